The van der Waals surface area contributed by atoms with Crippen molar-refractivity contribution in [1.82, 2.24) is 0 Å². The van der Waals surface area contributed by atoms with Gasteiger partial charge >= 0.3 is 17.9 Å². The van der Waals surface area contributed by atoms with E-state index in [1.165, 1.54) is 7.11 Å². The third-order valence-corrected chi connectivity index (χ3v) is 8.08. The zero-order valence-corrected chi connectivity index (χ0v) is 25.1. The summed E-state index contributed by atoms with van der Waals surface area (Å²) in [5.41, 5.74) is 2.17. The van der Waals surface area contributed by atoms with Gasteiger partial charge in [0.15, 0.2) is 24.6 Å². The van der Waals surface area contributed by atoms with Crippen molar-refractivity contribution in [2.75, 3.05) is 13.7 Å². The molecular weight excluding hydrogens is 576 g/mol. The predicted octanol–water partition coefficient (Wildman–Crippen LogP) is 4.47. The number of aliphatic hydroxyl groups is 1. The number of hydrogen-bond acceptors (Lipinski definition) is 9. The van der Waals surface area contributed by atoms with Gasteiger partial charge in [0.05, 0.1) is 24.0 Å². The Bertz CT molecular complexity index is 1430. The Kier molecular flexibility index (Phi) is 11.1. The van der Waals surface area contributed by atoms with Crippen LogP contribution in [-0.4, -0.2) is 67.4 Å². The van der Waals surface area contributed by atoms with Gasteiger partial charge in [0.1, 0.15) is 6.10 Å². The number of hydrogen-bond donors (Lipinski definition) is 1. The largest absolute Gasteiger partial charge is 0.455 e. The lowest BCUT2D eigenvalue weighted by Crippen LogP contribution is -2.63. The molecule has 2 aliphatic rings. The van der Waals surface area contributed by atoms with Gasteiger partial charge in [-0.05, 0) is 48.9 Å². The van der Waals surface area contributed by atoms with Crippen LogP contribution < -0.4 is 0 Å². The Hall–Kier alpha value is -4.31. The Labute approximate surface area is 262 Å². The molecule has 2 heterocycles. The van der Waals surface area contributed by atoms with E-state index in [9.17, 15) is 19.5 Å². The van der Waals surface area contributed by atoms with Crippen molar-refractivity contribution in [2.24, 2.45) is 11.8 Å². The van der Waals surface area contributed by atoms with Crippen LogP contribution in [0.2, 0.25) is 0 Å². The lowest BCUT2D eigenvalue weighted by molar-refractivity contribution is -0.300. The number of carbonyl (C=O) groups is 3. The molecule has 1 N–H and O–H groups in total. The molecule has 0 amide bonds. The predicted molar refractivity (Wildman–Crippen MR) is 164 cm³/mol. The van der Waals surface area contributed by atoms with Crippen molar-refractivity contribution in [1.29, 1.82) is 0 Å². The van der Waals surface area contributed by atoms with Crippen LogP contribution in [-0.2, 0) is 46.1 Å². The van der Waals surface area contributed by atoms with E-state index in [0.29, 0.717) is 25.7 Å². The van der Waals surface area contributed by atoms with Crippen molar-refractivity contribution in [3.63, 3.8) is 0 Å². The molecule has 236 valence electrons. The van der Waals surface area contributed by atoms with E-state index in [1.807, 2.05) is 72.8 Å². The molecule has 9 nitrogen and oxygen atoms in total. The third-order valence-electron chi connectivity index (χ3n) is 8.08. The first-order valence-corrected chi connectivity index (χ1v) is 15.2. The van der Waals surface area contributed by atoms with Crippen molar-refractivity contribution in [3.8, 4) is 0 Å². The topological polar surface area (TPSA) is 118 Å². The fourth-order valence-electron chi connectivity index (χ4n) is 5.69. The summed E-state index contributed by atoms with van der Waals surface area (Å²) in [4.78, 5) is 40.9. The van der Waals surface area contributed by atoms with Crippen LogP contribution >= 0.6 is 0 Å². The molecule has 5 rings (SSSR count). The van der Waals surface area contributed by atoms with Crippen LogP contribution in [0.4, 0.5) is 0 Å². The Morgan fingerprint density at radius 2 is 1.24 bits per heavy atom. The SMILES string of the molecule is CO[C@H]1O[C@H](CO)[C@H]2OC(=O)[C@H](Cc3ccccc3)CC=CC[C@@H](Cc3ccccc3)C(=O)O[C@@H]2[C@H]1OC(=O)c1ccccc1. The number of fused-ring (bicyclic) bond motifs is 1. The van der Waals surface area contributed by atoms with E-state index in [-0.39, 0.29) is 5.56 Å². The zero-order chi connectivity index (χ0) is 31.6. The van der Waals surface area contributed by atoms with E-state index < -0.39 is 67.1 Å². The first kappa shape index (κ1) is 32.1. The molecule has 0 saturated carbocycles. The molecule has 0 aromatic heterocycles. The van der Waals surface area contributed by atoms with Gasteiger partial charge in [-0.15, -0.1) is 0 Å². The number of methoxy groups -OCH3 is 1. The highest BCUT2D eigenvalue weighted by atomic mass is 16.7. The molecule has 1 fully saturated rings. The molecule has 7 atom stereocenters. The van der Waals surface area contributed by atoms with Crippen LogP contribution in [0.25, 0.3) is 0 Å². The van der Waals surface area contributed by atoms with E-state index >= 15 is 0 Å². The molecule has 3 aromatic rings. The Balaban J connectivity index is 1.52. The van der Waals surface area contributed by atoms with Crippen LogP contribution in [0.1, 0.15) is 34.3 Å². The average Bonchev–Trinajstić information content (AvgIpc) is 3.07. The summed E-state index contributed by atoms with van der Waals surface area (Å²) in [5.74, 6) is -2.98. The molecule has 0 unspecified atom stereocenters. The standard InChI is InChI=1S/C36H38O9/c1-41-36-32(45-33(38)26-17-9-4-10-18-26)31-30(29(23-37)42-36)43-34(39)27(21-24-13-5-2-6-14-24)19-11-12-20-28(35(40)44-31)22-25-15-7-3-8-16-25/h2-18,27-32,36-37H,19-23H2,1H3/t27-,28-,29+,30+,31-,32+,36-/m0/s1. The maximum Gasteiger partial charge on any atom is 0.338 e. The fraction of sp³-hybridized carbons (Fsp3) is 0.361. The molecule has 0 aliphatic carbocycles. The van der Waals surface area contributed by atoms with Crippen LogP contribution in [0.3, 0.4) is 0 Å². The van der Waals surface area contributed by atoms with Gasteiger partial charge in [-0.25, -0.2) is 4.79 Å². The monoisotopic (exact) mass is 614 g/mol. The summed E-state index contributed by atoms with van der Waals surface area (Å²) in [6.45, 7) is -0.568. The van der Waals surface area contributed by atoms with Crippen LogP contribution in [0, 0.1) is 11.8 Å². The molecule has 3 aromatic carbocycles. The van der Waals surface area contributed by atoms with Gasteiger partial charge in [-0.1, -0.05) is 91.0 Å². The maximum atomic E-state index is 13.9. The first-order chi connectivity index (χ1) is 22.0. The van der Waals surface area contributed by atoms with E-state index in [4.69, 9.17) is 23.7 Å². The Morgan fingerprint density at radius 3 is 1.73 bits per heavy atom. The van der Waals surface area contributed by atoms with Crippen molar-refractivity contribution < 1.29 is 43.2 Å². The lowest BCUT2D eigenvalue weighted by Gasteiger charge is -2.44. The quantitative estimate of drug-likeness (QED) is 0.223. The number of allylic oxidation sites excluding steroid dienone is 2. The molecule has 1 saturated heterocycles. The minimum atomic E-state index is -1.33. The molecular formula is C36H38O9. The maximum absolute atomic E-state index is 13.9. The van der Waals surface area contributed by atoms with Crippen LogP contribution in [0.5, 0.6) is 0 Å². The minimum Gasteiger partial charge on any atom is -0.455 e. The van der Waals surface area contributed by atoms with Crippen molar-refractivity contribution in [3.05, 3.63) is 120 Å². The van der Waals surface area contributed by atoms with Gasteiger partial charge in [-0.3, -0.25) is 9.59 Å². The second-order valence-corrected chi connectivity index (χ2v) is 11.2. The highest BCUT2D eigenvalue weighted by Gasteiger charge is 2.53. The molecule has 0 spiro atoms. The summed E-state index contributed by atoms with van der Waals surface area (Å²) in [6, 6.07) is 27.5. The van der Waals surface area contributed by atoms with E-state index in [1.54, 1.807) is 30.3 Å². The summed E-state index contributed by atoms with van der Waals surface area (Å²) in [6.07, 6.45) is -0.935. The normalized spacial score (nSPS) is 27.2. The van der Waals surface area contributed by atoms with Gasteiger partial charge in [0.25, 0.3) is 0 Å². The second-order valence-electron chi connectivity index (χ2n) is 11.2. The van der Waals surface area contributed by atoms with Gasteiger partial charge < -0.3 is 28.8 Å². The van der Waals surface area contributed by atoms with Gasteiger partial charge in [0.2, 0.25) is 0 Å². The molecule has 45 heavy (non-hydrogen) atoms. The van der Waals surface area contributed by atoms with E-state index in [0.717, 1.165) is 11.1 Å². The zero-order valence-electron chi connectivity index (χ0n) is 25.1. The third kappa shape index (κ3) is 8.25. The van der Waals surface area contributed by atoms with Gasteiger partial charge in [0, 0.05) is 7.11 Å². The fourth-order valence-corrected chi connectivity index (χ4v) is 5.69. The number of carbonyl (C=O) groups excluding carboxylic acids is 3. The number of rotatable bonds is 8. The minimum absolute atomic E-state index is 0.264. The summed E-state index contributed by atoms with van der Waals surface area (Å²) >= 11 is 0. The molecule has 2 aliphatic heterocycles. The average molecular weight is 615 g/mol. The molecule has 0 bridgehead atoms. The highest BCUT2D eigenvalue weighted by Crippen LogP contribution is 2.32. The number of benzene rings is 3. The summed E-state index contributed by atoms with van der Waals surface area (Å²) in [7, 11) is 1.35. The lowest BCUT2D eigenvalue weighted by atomic mass is 9.92. The smallest absolute Gasteiger partial charge is 0.338 e. The second kappa shape index (κ2) is 15.6. The van der Waals surface area contributed by atoms with Crippen LogP contribution in [0.15, 0.2) is 103 Å². The van der Waals surface area contributed by atoms with Crippen molar-refractivity contribution in [2.45, 2.75) is 56.4 Å². The molecule has 9 heteroatoms. The highest BCUT2D eigenvalue weighted by molar-refractivity contribution is 5.89. The summed E-state index contributed by atoms with van der Waals surface area (Å²) < 4.78 is 29.5. The number of aliphatic hydroxyl groups excluding tert-OH is 1. The molecule has 0 radical (unpaired) electrons. The number of esters is 3. The van der Waals surface area contributed by atoms with Gasteiger partial charge in [-0.2, -0.15) is 0 Å². The summed E-state index contributed by atoms with van der Waals surface area (Å²) in [5, 5.41) is 10.3. The number of ether oxygens (including phenoxy) is 5. The Morgan fingerprint density at radius 1 is 0.756 bits per heavy atom. The first-order valence-electron chi connectivity index (χ1n) is 15.2. The van der Waals surface area contributed by atoms with Crippen molar-refractivity contribution >= 4 is 17.9 Å². The van der Waals surface area contributed by atoms with E-state index in [2.05, 4.69) is 0 Å².